The van der Waals surface area contributed by atoms with Gasteiger partial charge >= 0.3 is 12.1 Å². The summed E-state index contributed by atoms with van der Waals surface area (Å²) in [5.74, 6) is -1.11. The normalized spacial score (nSPS) is 12.2. The van der Waals surface area contributed by atoms with Gasteiger partial charge in [0.25, 0.3) is 0 Å². The molecule has 2 aliphatic carbocycles. The lowest BCUT2D eigenvalue weighted by Gasteiger charge is -2.13. The van der Waals surface area contributed by atoms with Crippen molar-refractivity contribution in [3.63, 3.8) is 0 Å². The molecule has 25 heavy (non-hydrogen) atoms. The number of carboxylic acid groups (broad SMARTS) is 1. The molecule has 3 N–H and O–H groups in total. The van der Waals surface area contributed by atoms with Crippen LogP contribution < -0.4 is 5.32 Å². The molecular formula is C18H23N3O4. The maximum Gasteiger partial charge on any atom is 0.407 e. The molecular weight excluding hydrogens is 322 g/mol. The van der Waals surface area contributed by atoms with Gasteiger partial charge in [-0.25, -0.2) is 14.6 Å². The van der Waals surface area contributed by atoms with Crippen LogP contribution in [0.4, 0.5) is 4.79 Å². The number of ether oxygens (including phenoxy) is 1. The molecule has 1 heterocycles. The molecule has 0 saturated heterocycles. The van der Waals surface area contributed by atoms with E-state index in [1.54, 1.807) is 0 Å². The summed E-state index contributed by atoms with van der Waals surface area (Å²) in [5, 5.41) is 11.3. The maximum atomic E-state index is 11.3. The number of amides is 1. The van der Waals surface area contributed by atoms with Crippen LogP contribution >= 0.6 is 0 Å². The van der Waals surface area contributed by atoms with Gasteiger partial charge in [0.15, 0.2) is 0 Å². The molecule has 134 valence electrons. The second kappa shape index (κ2) is 9.46. The first-order valence-corrected chi connectivity index (χ1v) is 8.29. The van der Waals surface area contributed by atoms with E-state index in [-0.39, 0.29) is 6.42 Å². The molecule has 0 aliphatic heterocycles. The number of carboxylic acids is 1. The first kappa shape index (κ1) is 18.5. The van der Waals surface area contributed by atoms with Crippen molar-refractivity contribution in [2.45, 2.75) is 38.6 Å². The van der Waals surface area contributed by atoms with E-state index in [9.17, 15) is 9.59 Å². The number of aliphatic carboxylic acids is 1. The molecule has 1 aromatic carbocycles. The van der Waals surface area contributed by atoms with E-state index in [2.05, 4.69) is 39.6 Å². The number of alkyl carbamates (subject to hydrolysis) is 1. The number of nitrogens with one attached hydrogen (secondary N) is 2. The van der Waals surface area contributed by atoms with Crippen LogP contribution in [0.2, 0.25) is 0 Å². The molecule has 2 aromatic rings. The van der Waals surface area contributed by atoms with Crippen LogP contribution in [0.15, 0.2) is 36.8 Å². The Hall–Kier alpha value is -2.83. The van der Waals surface area contributed by atoms with Crippen molar-refractivity contribution in [2.24, 2.45) is 0 Å². The molecule has 1 aromatic heterocycles. The van der Waals surface area contributed by atoms with E-state index in [1.165, 1.54) is 30.1 Å². The number of unbranched alkanes of at least 4 members (excludes halogenated alkanes) is 1. The molecule has 2 bridgehead atoms. The summed E-state index contributed by atoms with van der Waals surface area (Å²) in [7, 11) is 0. The Morgan fingerprint density at radius 2 is 2.12 bits per heavy atom. The van der Waals surface area contributed by atoms with Gasteiger partial charge in [-0.15, -0.1) is 0 Å². The summed E-state index contributed by atoms with van der Waals surface area (Å²) in [6, 6.07) is 7.62. The fourth-order valence-corrected chi connectivity index (χ4v) is 2.26. The van der Waals surface area contributed by atoms with E-state index in [0.29, 0.717) is 12.3 Å². The molecule has 7 heteroatoms. The van der Waals surface area contributed by atoms with Crippen LogP contribution in [0.3, 0.4) is 0 Å². The quantitative estimate of drug-likeness (QED) is 0.571. The summed E-state index contributed by atoms with van der Waals surface area (Å²) < 4.78 is 4.84. The van der Waals surface area contributed by atoms with Crippen LogP contribution in [0.25, 0.3) is 0 Å². The number of hydrogen-bond acceptors (Lipinski definition) is 4. The molecule has 0 spiro atoms. The van der Waals surface area contributed by atoms with Crippen LogP contribution in [-0.2, 0) is 22.4 Å². The van der Waals surface area contributed by atoms with Gasteiger partial charge in [0.1, 0.15) is 6.04 Å². The average molecular weight is 345 g/mol. The number of aromatic amines is 1. The lowest BCUT2D eigenvalue weighted by molar-refractivity contribution is -0.139. The topological polar surface area (TPSA) is 104 Å². The highest BCUT2D eigenvalue weighted by atomic mass is 16.5. The molecule has 7 nitrogen and oxygen atoms in total. The average Bonchev–Trinajstić information content (AvgIpc) is 3.08. The first-order valence-electron chi connectivity index (χ1n) is 8.29. The predicted molar refractivity (Wildman–Crippen MR) is 92.4 cm³/mol. The van der Waals surface area contributed by atoms with E-state index in [1.807, 2.05) is 6.92 Å². The minimum Gasteiger partial charge on any atom is -0.480 e. The van der Waals surface area contributed by atoms with Gasteiger partial charge in [-0.2, -0.15) is 0 Å². The SMILES string of the molecule is CCCCOC(=O)NC(Cc1cnc[nH]1)C(=O)O.c1cc2cc(c1)C2. The van der Waals surface area contributed by atoms with Gasteiger partial charge in [0.05, 0.1) is 12.9 Å². The zero-order valence-electron chi connectivity index (χ0n) is 14.2. The van der Waals surface area contributed by atoms with Crippen molar-refractivity contribution in [1.29, 1.82) is 0 Å². The summed E-state index contributed by atoms with van der Waals surface area (Å²) in [4.78, 5) is 28.9. The zero-order valence-corrected chi connectivity index (χ0v) is 14.2. The zero-order chi connectivity index (χ0) is 18.1. The van der Waals surface area contributed by atoms with Crippen LogP contribution in [0.5, 0.6) is 0 Å². The highest BCUT2D eigenvalue weighted by Crippen LogP contribution is 2.18. The minimum atomic E-state index is -1.11. The van der Waals surface area contributed by atoms with Crippen molar-refractivity contribution < 1.29 is 19.4 Å². The molecule has 0 fully saturated rings. The standard InChI is InChI=1S/C11H17N3O4.C7H6/c1-2-3-4-18-11(17)14-9(10(15)16)5-8-6-12-7-13-8;1-2-6-4-7(3-1)5-6/h6-7,9H,2-5H2,1H3,(H,12,13)(H,14,17)(H,15,16);1-4H,5H2. The van der Waals surface area contributed by atoms with E-state index < -0.39 is 18.1 Å². The molecule has 2 aliphatic rings. The third-order valence-electron chi connectivity index (χ3n) is 3.70. The third kappa shape index (κ3) is 6.29. The van der Waals surface area contributed by atoms with Crippen LogP contribution in [-0.4, -0.2) is 39.8 Å². The number of aromatic nitrogens is 2. The number of imidazole rings is 1. The summed E-state index contributed by atoms with van der Waals surface area (Å²) in [6.45, 7) is 2.26. The van der Waals surface area contributed by atoms with Crippen molar-refractivity contribution in [3.05, 3.63) is 53.6 Å². The van der Waals surface area contributed by atoms with Crippen LogP contribution in [0.1, 0.15) is 36.6 Å². The van der Waals surface area contributed by atoms with E-state index >= 15 is 0 Å². The Kier molecular flexibility index (Phi) is 7.00. The Balaban J connectivity index is 0.000000261. The van der Waals surface area contributed by atoms with Gasteiger partial charge < -0.3 is 20.1 Å². The number of H-pyrrole nitrogens is 1. The highest BCUT2D eigenvalue weighted by molar-refractivity contribution is 5.80. The van der Waals surface area contributed by atoms with Gasteiger partial charge in [0, 0.05) is 18.3 Å². The fourth-order valence-electron chi connectivity index (χ4n) is 2.26. The van der Waals surface area contributed by atoms with Crippen molar-refractivity contribution in [1.82, 2.24) is 15.3 Å². The Labute approximate surface area is 146 Å². The Bertz CT molecular complexity index is 661. The monoisotopic (exact) mass is 345 g/mol. The second-order valence-electron chi connectivity index (χ2n) is 5.80. The Morgan fingerprint density at radius 3 is 2.56 bits per heavy atom. The summed E-state index contributed by atoms with van der Waals surface area (Å²) >= 11 is 0. The molecule has 0 radical (unpaired) electrons. The first-order chi connectivity index (χ1) is 12.1. The summed E-state index contributed by atoms with van der Waals surface area (Å²) in [6.07, 6.45) is 5.27. The molecule has 1 unspecified atom stereocenters. The largest absolute Gasteiger partial charge is 0.480 e. The van der Waals surface area contributed by atoms with E-state index in [0.717, 1.165) is 12.8 Å². The number of carbonyl (C=O) groups is 2. The second-order valence-corrected chi connectivity index (χ2v) is 5.80. The van der Waals surface area contributed by atoms with Crippen molar-refractivity contribution in [2.75, 3.05) is 6.61 Å². The van der Waals surface area contributed by atoms with Crippen LogP contribution in [0, 0.1) is 0 Å². The lowest BCUT2D eigenvalue weighted by atomic mass is 9.94. The highest BCUT2D eigenvalue weighted by Gasteiger charge is 2.21. The van der Waals surface area contributed by atoms with Gasteiger partial charge in [0.2, 0.25) is 0 Å². The fraction of sp³-hybridized carbons (Fsp3) is 0.389. The predicted octanol–water partition coefficient (Wildman–Crippen LogP) is 2.52. The summed E-state index contributed by atoms with van der Waals surface area (Å²) in [5.41, 5.74) is 3.60. The van der Waals surface area contributed by atoms with E-state index in [4.69, 9.17) is 9.84 Å². The number of nitrogens with zero attached hydrogens (tertiary/aromatic N) is 1. The number of benzene rings is 1. The molecule has 4 rings (SSSR count). The number of hydrogen-bond donors (Lipinski definition) is 3. The third-order valence-corrected chi connectivity index (χ3v) is 3.70. The van der Waals surface area contributed by atoms with Crippen molar-refractivity contribution >= 4 is 12.1 Å². The smallest absolute Gasteiger partial charge is 0.407 e. The minimum absolute atomic E-state index is 0.137. The molecule has 0 saturated carbocycles. The molecule has 1 amide bonds. The van der Waals surface area contributed by atoms with Gasteiger partial charge in [-0.3, -0.25) is 0 Å². The maximum absolute atomic E-state index is 11.3. The van der Waals surface area contributed by atoms with Gasteiger partial charge in [-0.1, -0.05) is 37.6 Å². The number of carbonyl (C=O) groups excluding carboxylic acids is 1. The Morgan fingerprint density at radius 1 is 1.40 bits per heavy atom. The van der Waals surface area contributed by atoms with Crippen molar-refractivity contribution in [3.8, 4) is 0 Å². The number of rotatable bonds is 7. The lowest BCUT2D eigenvalue weighted by Crippen LogP contribution is -2.42. The number of fused-ring (bicyclic) bond motifs is 2. The molecule has 1 atom stereocenters. The van der Waals surface area contributed by atoms with Gasteiger partial charge in [-0.05, 0) is 24.0 Å².